The van der Waals surface area contributed by atoms with Crippen LogP contribution in [0.2, 0.25) is 5.02 Å². The number of ether oxygens (including phenoxy) is 1. The zero-order chi connectivity index (χ0) is 20.3. The van der Waals surface area contributed by atoms with Gasteiger partial charge in [-0.05, 0) is 46.6 Å². The number of amides is 1. The standard InChI is InChI=1S/C19H20BrClN2O4S/c1-27-19-16(20)9-13(21)10-17(19)22-11-18(24)23(14-5-3-2-4-6-14)15-7-8-28(25,26)12-15/h2-6,9-10,15,22H,7-8,11-12H2,1H3/t15-/m1/s1. The van der Waals surface area contributed by atoms with Gasteiger partial charge in [0.25, 0.3) is 0 Å². The number of para-hydroxylation sites is 1. The molecule has 2 aromatic carbocycles. The van der Waals surface area contributed by atoms with Crippen molar-refractivity contribution in [2.75, 3.05) is 35.4 Å². The molecule has 1 amide bonds. The Morgan fingerprint density at radius 3 is 2.64 bits per heavy atom. The first-order valence-corrected chi connectivity index (χ1v) is 11.6. The van der Waals surface area contributed by atoms with Gasteiger partial charge in [0.1, 0.15) is 0 Å². The Bertz CT molecular complexity index is 969. The third kappa shape index (κ3) is 4.79. The molecule has 1 fully saturated rings. The van der Waals surface area contributed by atoms with Crippen LogP contribution in [0.1, 0.15) is 6.42 Å². The second kappa shape index (κ2) is 8.71. The lowest BCUT2D eigenvalue weighted by molar-refractivity contribution is -0.117. The monoisotopic (exact) mass is 486 g/mol. The minimum absolute atomic E-state index is 0.0281. The zero-order valence-corrected chi connectivity index (χ0v) is 18.4. The van der Waals surface area contributed by atoms with Gasteiger partial charge in [0.15, 0.2) is 15.6 Å². The maximum absolute atomic E-state index is 13.1. The number of carbonyl (C=O) groups excluding carboxylic acids is 1. The molecule has 0 radical (unpaired) electrons. The summed E-state index contributed by atoms with van der Waals surface area (Å²) in [4.78, 5) is 14.6. The van der Waals surface area contributed by atoms with Gasteiger partial charge in [-0.1, -0.05) is 29.8 Å². The molecule has 9 heteroatoms. The van der Waals surface area contributed by atoms with E-state index in [2.05, 4.69) is 21.2 Å². The van der Waals surface area contributed by atoms with Crippen molar-refractivity contribution in [2.45, 2.75) is 12.5 Å². The molecule has 28 heavy (non-hydrogen) atoms. The van der Waals surface area contributed by atoms with Crippen LogP contribution >= 0.6 is 27.5 Å². The highest BCUT2D eigenvalue weighted by molar-refractivity contribution is 9.10. The van der Waals surface area contributed by atoms with E-state index in [9.17, 15) is 13.2 Å². The van der Waals surface area contributed by atoms with Gasteiger partial charge in [-0.3, -0.25) is 4.79 Å². The largest absolute Gasteiger partial charge is 0.493 e. The summed E-state index contributed by atoms with van der Waals surface area (Å²) in [6, 6.07) is 12.1. The van der Waals surface area contributed by atoms with Crippen LogP contribution in [0, 0.1) is 0 Å². The molecule has 150 valence electrons. The smallest absolute Gasteiger partial charge is 0.246 e. The van der Waals surface area contributed by atoms with E-state index >= 15 is 0 Å². The van der Waals surface area contributed by atoms with Crippen molar-refractivity contribution in [1.82, 2.24) is 0 Å². The summed E-state index contributed by atoms with van der Waals surface area (Å²) in [5, 5.41) is 3.55. The number of rotatable bonds is 6. The lowest BCUT2D eigenvalue weighted by atomic mass is 10.1. The third-order valence-corrected chi connectivity index (χ3v) is 7.08. The van der Waals surface area contributed by atoms with Gasteiger partial charge >= 0.3 is 0 Å². The Morgan fingerprint density at radius 2 is 2.04 bits per heavy atom. The molecule has 1 atom stereocenters. The predicted molar refractivity (Wildman–Crippen MR) is 115 cm³/mol. The van der Waals surface area contributed by atoms with Crippen molar-refractivity contribution in [3.05, 3.63) is 52.0 Å². The summed E-state index contributed by atoms with van der Waals surface area (Å²) in [5.41, 5.74) is 1.25. The number of methoxy groups -OCH3 is 1. The first-order chi connectivity index (χ1) is 13.3. The average Bonchev–Trinajstić information content (AvgIpc) is 3.00. The average molecular weight is 488 g/mol. The second-order valence-electron chi connectivity index (χ2n) is 6.48. The lowest BCUT2D eigenvalue weighted by Gasteiger charge is -2.29. The normalized spacial score (nSPS) is 17.9. The van der Waals surface area contributed by atoms with Gasteiger partial charge in [-0.2, -0.15) is 0 Å². The molecular formula is C19H20BrClN2O4S. The fraction of sp³-hybridized carbons (Fsp3) is 0.316. The van der Waals surface area contributed by atoms with E-state index in [0.29, 0.717) is 33.0 Å². The van der Waals surface area contributed by atoms with E-state index in [4.69, 9.17) is 16.3 Å². The summed E-state index contributed by atoms with van der Waals surface area (Å²) in [6.07, 6.45) is 0.426. The molecule has 1 heterocycles. The number of hydrogen-bond donors (Lipinski definition) is 1. The SMILES string of the molecule is COc1c(Br)cc(Cl)cc1NCC(=O)N(c1ccccc1)[C@@H]1CCS(=O)(=O)C1. The highest BCUT2D eigenvalue weighted by Gasteiger charge is 2.35. The summed E-state index contributed by atoms with van der Waals surface area (Å²) in [5.74, 6) is 0.370. The lowest BCUT2D eigenvalue weighted by Crippen LogP contribution is -2.44. The molecule has 1 N–H and O–H groups in total. The zero-order valence-electron chi connectivity index (χ0n) is 15.2. The van der Waals surface area contributed by atoms with Crippen molar-refractivity contribution < 1.29 is 17.9 Å². The molecule has 2 aromatic rings. The Hall–Kier alpha value is -1.77. The van der Waals surface area contributed by atoms with Gasteiger partial charge in [0.05, 0.1) is 41.4 Å². The van der Waals surface area contributed by atoms with Crippen molar-refractivity contribution in [2.24, 2.45) is 0 Å². The Balaban J connectivity index is 1.83. The van der Waals surface area contributed by atoms with E-state index in [1.807, 2.05) is 18.2 Å². The summed E-state index contributed by atoms with van der Waals surface area (Å²) >= 11 is 9.49. The van der Waals surface area contributed by atoms with Crippen LogP contribution in [0.4, 0.5) is 11.4 Å². The first kappa shape index (κ1) is 21.0. The molecule has 0 bridgehead atoms. The number of sulfone groups is 1. The summed E-state index contributed by atoms with van der Waals surface area (Å²) in [7, 11) is -1.60. The van der Waals surface area contributed by atoms with E-state index in [1.54, 1.807) is 29.2 Å². The summed E-state index contributed by atoms with van der Waals surface area (Å²) < 4.78 is 29.9. The number of nitrogens with one attached hydrogen (secondary N) is 1. The van der Waals surface area contributed by atoms with Crippen LogP contribution in [0.3, 0.4) is 0 Å². The number of hydrogen-bond acceptors (Lipinski definition) is 5. The van der Waals surface area contributed by atoms with Crippen LogP contribution in [-0.4, -0.2) is 45.5 Å². The van der Waals surface area contributed by atoms with Crippen LogP contribution in [0.15, 0.2) is 46.9 Å². The van der Waals surface area contributed by atoms with Crippen LogP contribution in [-0.2, 0) is 14.6 Å². The molecule has 6 nitrogen and oxygen atoms in total. The Kier molecular flexibility index (Phi) is 6.52. The maximum atomic E-state index is 13.1. The van der Waals surface area contributed by atoms with Gasteiger partial charge in [0.2, 0.25) is 5.91 Å². The maximum Gasteiger partial charge on any atom is 0.246 e. The van der Waals surface area contributed by atoms with Gasteiger partial charge in [0, 0.05) is 10.7 Å². The van der Waals surface area contributed by atoms with Gasteiger partial charge in [-0.15, -0.1) is 0 Å². The Morgan fingerprint density at radius 1 is 1.32 bits per heavy atom. The number of benzene rings is 2. The molecule has 1 aliphatic heterocycles. The fourth-order valence-corrected chi connectivity index (χ4v) is 5.95. The third-order valence-electron chi connectivity index (χ3n) is 4.52. The van der Waals surface area contributed by atoms with Gasteiger partial charge in [-0.25, -0.2) is 8.42 Å². The molecule has 0 aromatic heterocycles. The minimum Gasteiger partial charge on any atom is -0.493 e. The quantitative estimate of drug-likeness (QED) is 0.672. The van der Waals surface area contributed by atoms with Crippen molar-refractivity contribution >= 4 is 54.7 Å². The molecule has 3 rings (SSSR count). The molecule has 0 unspecified atom stereocenters. The second-order valence-corrected chi connectivity index (χ2v) is 10.00. The van der Waals surface area contributed by atoms with Crippen molar-refractivity contribution in [1.29, 1.82) is 0 Å². The molecule has 0 spiro atoms. The molecular weight excluding hydrogens is 468 g/mol. The number of anilines is 2. The predicted octanol–water partition coefficient (Wildman–Crippen LogP) is 3.74. The van der Waals surface area contributed by atoms with E-state index in [1.165, 1.54) is 7.11 Å². The van der Waals surface area contributed by atoms with Crippen molar-refractivity contribution in [3.8, 4) is 5.75 Å². The molecule has 1 aliphatic rings. The number of halogens is 2. The Labute approximate surface area is 177 Å². The van der Waals surface area contributed by atoms with E-state index in [-0.39, 0.29) is 30.0 Å². The van der Waals surface area contributed by atoms with Crippen LogP contribution < -0.4 is 15.0 Å². The van der Waals surface area contributed by atoms with Gasteiger partial charge < -0.3 is 15.0 Å². The number of nitrogens with zero attached hydrogens (tertiary/aromatic N) is 1. The highest BCUT2D eigenvalue weighted by Crippen LogP contribution is 2.36. The summed E-state index contributed by atoms with van der Waals surface area (Å²) in [6.45, 7) is -0.0332. The fourth-order valence-electron chi connectivity index (χ4n) is 3.28. The van der Waals surface area contributed by atoms with E-state index < -0.39 is 9.84 Å². The van der Waals surface area contributed by atoms with Crippen LogP contribution in [0.5, 0.6) is 5.75 Å². The van der Waals surface area contributed by atoms with E-state index in [0.717, 1.165) is 0 Å². The topological polar surface area (TPSA) is 75.7 Å². The highest BCUT2D eigenvalue weighted by atomic mass is 79.9. The molecule has 1 saturated heterocycles. The molecule has 0 aliphatic carbocycles. The van der Waals surface area contributed by atoms with Crippen LogP contribution in [0.25, 0.3) is 0 Å². The first-order valence-electron chi connectivity index (χ1n) is 8.65. The van der Waals surface area contributed by atoms with Crippen molar-refractivity contribution in [3.63, 3.8) is 0 Å². The number of carbonyl (C=O) groups is 1. The molecule has 0 saturated carbocycles. The minimum atomic E-state index is -3.13.